The van der Waals surface area contributed by atoms with Crippen molar-refractivity contribution < 1.29 is 28.7 Å². The number of carboxylic acid groups (broad SMARTS) is 1. The molecule has 1 saturated heterocycles. The van der Waals surface area contributed by atoms with Crippen molar-refractivity contribution in [1.82, 2.24) is 10.2 Å². The summed E-state index contributed by atoms with van der Waals surface area (Å²) in [5, 5.41) is 12.5. The number of hydrogen-bond acceptors (Lipinski definition) is 6. The van der Waals surface area contributed by atoms with E-state index in [1.807, 2.05) is 13.8 Å². The molecule has 0 radical (unpaired) electrons. The van der Waals surface area contributed by atoms with Crippen LogP contribution in [-0.2, 0) is 19.2 Å². The number of halogens is 1. The molecule has 2 heterocycles. The third-order valence-corrected chi connectivity index (χ3v) is 8.85. The van der Waals surface area contributed by atoms with E-state index in [0.29, 0.717) is 28.9 Å². The molecule has 3 rings (SSSR count). The first kappa shape index (κ1) is 27.7. The molecule has 0 aromatic rings. The first-order chi connectivity index (χ1) is 17.2. The molecule has 2 aliphatic heterocycles. The Morgan fingerprint density at radius 2 is 2.17 bits per heavy atom. The number of nitrogens with zero attached hydrogens (tertiary/aromatic N) is 1. The number of carbonyl (C=O) groups is 4. The van der Waals surface area contributed by atoms with Crippen LogP contribution in [0.3, 0.4) is 0 Å². The van der Waals surface area contributed by atoms with Crippen LogP contribution >= 0.6 is 23.5 Å². The van der Waals surface area contributed by atoms with Crippen molar-refractivity contribution >= 4 is 46.4 Å². The van der Waals surface area contributed by atoms with Gasteiger partial charge < -0.3 is 10.4 Å². The zero-order chi connectivity index (χ0) is 26.5. The average molecular weight is 533 g/mol. The number of β-lactam (4-membered cyclic amide) rings is 1. The summed E-state index contributed by atoms with van der Waals surface area (Å²) in [5.41, 5.74) is 1.41. The second kappa shape index (κ2) is 11.9. The number of rotatable bonds is 10. The summed E-state index contributed by atoms with van der Waals surface area (Å²) in [6, 6.07) is -0.872. The van der Waals surface area contributed by atoms with Gasteiger partial charge in [0.05, 0.1) is 6.42 Å². The van der Waals surface area contributed by atoms with Crippen LogP contribution < -0.4 is 5.32 Å². The Morgan fingerprint density at radius 3 is 2.75 bits per heavy atom. The van der Waals surface area contributed by atoms with Gasteiger partial charge in [0.15, 0.2) is 0 Å². The number of nitrogens with one attached hydrogen (secondary N) is 1. The van der Waals surface area contributed by atoms with Gasteiger partial charge in [-0.05, 0) is 24.5 Å². The quantitative estimate of drug-likeness (QED) is 0.248. The molecule has 0 aromatic carbocycles. The fourth-order valence-electron chi connectivity index (χ4n) is 4.28. The molecule has 3 unspecified atom stereocenters. The molecule has 0 saturated carbocycles. The van der Waals surface area contributed by atoms with Gasteiger partial charge in [-0.3, -0.25) is 19.3 Å². The predicted molar refractivity (Wildman–Crippen MR) is 141 cm³/mol. The summed E-state index contributed by atoms with van der Waals surface area (Å²) in [7, 11) is 0. The maximum Gasteiger partial charge on any atom is 0.352 e. The largest absolute Gasteiger partial charge is 0.477 e. The summed E-state index contributed by atoms with van der Waals surface area (Å²) >= 11 is 2.35. The van der Waals surface area contributed by atoms with Gasteiger partial charge in [-0.25, -0.2) is 9.18 Å². The standard InChI is InChI=1S/C26H29FN2O5S2/c1-4-7-8-17(5-2)25(34)35-14-18-15-36-26(6-3)22(23(31)29(26)21(18)24(32)33)28-20(30)13-16-9-11-19(27)12-10-16/h4-5,7-11,19,22H,2,6,12-15H2,1,3H3,(H,28,30)(H,32,33). The van der Waals surface area contributed by atoms with E-state index < -0.39 is 29.0 Å². The van der Waals surface area contributed by atoms with Gasteiger partial charge in [0.2, 0.25) is 11.0 Å². The average Bonchev–Trinajstić information content (AvgIpc) is 2.86. The van der Waals surface area contributed by atoms with Crippen LogP contribution in [0.5, 0.6) is 0 Å². The van der Waals surface area contributed by atoms with Gasteiger partial charge in [-0.1, -0.05) is 67.8 Å². The molecule has 3 aliphatic rings. The molecule has 36 heavy (non-hydrogen) atoms. The van der Waals surface area contributed by atoms with E-state index in [2.05, 4.69) is 11.9 Å². The molecule has 192 valence electrons. The van der Waals surface area contributed by atoms with E-state index in [0.717, 1.165) is 11.8 Å². The van der Waals surface area contributed by atoms with Gasteiger partial charge in [0, 0.05) is 23.5 Å². The summed E-state index contributed by atoms with van der Waals surface area (Å²) in [4.78, 5) is 50.9. The lowest BCUT2D eigenvalue weighted by atomic mass is 9.89. The number of thioether (sulfide) groups is 2. The summed E-state index contributed by atoms with van der Waals surface area (Å²) in [5.74, 6) is -1.71. The molecule has 10 heteroatoms. The fraction of sp³-hybridized carbons (Fsp3) is 0.385. The Bertz CT molecular complexity index is 1120. The zero-order valence-corrected chi connectivity index (χ0v) is 21.8. The minimum atomic E-state index is -1.25. The van der Waals surface area contributed by atoms with Gasteiger partial charge in [-0.2, -0.15) is 0 Å². The highest BCUT2D eigenvalue weighted by Crippen LogP contribution is 2.52. The van der Waals surface area contributed by atoms with Crippen LogP contribution in [0.4, 0.5) is 4.39 Å². The van der Waals surface area contributed by atoms with Crippen LogP contribution in [0, 0.1) is 0 Å². The topological polar surface area (TPSA) is 104 Å². The smallest absolute Gasteiger partial charge is 0.352 e. The number of carboxylic acids is 1. The fourth-order valence-corrected chi connectivity index (χ4v) is 6.77. The van der Waals surface area contributed by atoms with E-state index in [1.165, 1.54) is 28.8 Å². The maximum atomic E-state index is 13.3. The SMILES string of the molecule is C=CC(=CC=CC)C(=O)SCC1=C(C(=O)O)N2C(=O)C(NC(=O)CC3=CCC(F)C=C3)C2(CC)SC1. The van der Waals surface area contributed by atoms with Crippen molar-refractivity contribution in [3.63, 3.8) is 0 Å². The van der Waals surface area contributed by atoms with Crippen LogP contribution in [0.25, 0.3) is 0 Å². The molecule has 1 aliphatic carbocycles. The third kappa shape index (κ3) is 5.59. The zero-order valence-electron chi connectivity index (χ0n) is 20.2. The molecule has 2 amide bonds. The lowest BCUT2D eigenvalue weighted by Gasteiger charge is -2.58. The molecular formula is C26H29FN2O5S2. The number of hydrogen-bond donors (Lipinski definition) is 2. The van der Waals surface area contributed by atoms with Crippen molar-refractivity contribution in [2.45, 2.75) is 50.2 Å². The summed E-state index contributed by atoms with van der Waals surface area (Å²) < 4.78 is 13.3. The van der Waals surface area contributed by atoms with E-state index in [1.54, 1.807) is 30.4 Å². The molecule has 0 spiro atoms. The summed E-state index contributed by atoms with van der Waals surface area (Å²) in [6.07, 6.45) is 10.8. The number of allylic oxidation sites excluding steroid dienone is 7. The molecular weight excluding hydrogens is 503 g/mol. The number of aliphatic carboxylic acids is 1. The lowest BCUT2D eigenvalue weighted by molar-refractivity contribution is -0.157. The van der Waals surface area contributed by atoms with Crippen molar-refractivity contribution in [3.8, 4) is 0 Å². The van der Waals surface area contributed by atoms with Gasteiger partial charge in [0.25, 0.3) is 5.91 Å². The predicted octanol–water partition coefficient (Wildman–Crippen LogP) is 4.07. The minimum absolute atomic E-state index is 0.00939. The van der Waals surface area contributed by atoms with Crippen molar-refractivity contribution in [2.75, 3.05) is 11.5 Å². The molecule has 2 N–H and O–H groups in total. The summed E-state index contributed by atoms with van der Waals surface area (Å²) in [6.45, 7) is 7.31. The Balaban J connectivity index is 1.76. The van der Waals surface area contributed by atoms with Crippen molar-refractivity contribution in [1.29, 1.82) is 0 Å². The van der Waals surface area contributed by atoms with E-state index in [4.69, 9.17) is 0 Å². The molecule has 1 fully saturated rings. The lowest BCUT2D eigenvalue weighted by Crippen LogP contribution is -2.78. The highest BCUT2D eigenvalue weighted by Gasteiger charge is 2.64. The van der Waals surface area contributed by atoms with Crippen molar-refractivity contribution in [2.24, 2.45) is 0 Å². The van der Waals surface area contributed by atoms with E-state index in [9.17, 15) is 28.7 Å². The molecule has 7 nitrogen and oxygen atoms in total. The van der Waals surface area contributed by atoms with Crippen LogP contribution in [0.2, 0.25) is 0 Å². The number of alkyl halides is 1. The normalized spacial score (nSPS) is 25.9. The first-order valence-electron chi connectivity index (χ1n) is 11.5. The highest BCUT2D eigenvalue weighted by molar-refractivity contribution is 8.14. The highest BCUT2D eigenvalue weighted by atomic mass is 32.2. The second-order valence-electron chi connectivity index (χ2n) is 8.41. The Labute approximate surface area is 218 Å². The number of amides is 2. The van der Waals surface area contributed by atoms with E-state index >= 15 is 0 Å². The molecule has 0 bridgehead atoms. The van der Waals surface area contributed by atoms with Gasteiger partial charge >= 0.3 is 5.97 Å². The Hall–Kier alpha value is -2.85. The molecule has 3 atom stereocenters. The van der Waals surface area contributed by atoms with Crippen molar-refractivity contribution in [3.05, 3.63) is 71.5 Å². The Morgan fingerprint density at radius 1 is 1.42 bits per heavy atom. The molecule has 0 aromatic heterocycles. The third-order valence-electron chi connectivity index (χ3n) is 6.16. The monoisotopic (exact) mass is 532 g/mol. The van der Waals surface area contributed by atoms with E-state index in [-0.39, 0.29) is 35.3 Å². The number of carbonyl (C=O) groups excluding carboxylic acids is 3. The van der Waals surface area contributed by atoms with Gasteiger partial charge in [-0.15, -0.1) is 11.8 Å². The minimum Gasteiger partial charge on any atom is -0.477 e. The van der Waals surface area contributed by atoms with Gasteiger partial charge in [0.1, 0.15) is 22.8 Å². The number of fused-ring (bicyclic) bond motifs is 1. The Kier molecular flexibility index (Phi) is 9.19. The van der Waals surface area contributed by atoms with Crippen LogP contribution in [0.15, 0.2) is 71.5 Å². The van der Waals surface area contributed by atoms with Crippen LogP contribution in [0.1, 0.15) is 33.1 Å². The maximum absolute atomic E-state index is 13.3. The van der Waals surface area contributed by atoms with Crippen LogP contribution in [-0.4, -0.2) is 61.5 Å². The first-order valence-corrected chi connectivity index (χ1v) is 13.5. The second-order valence-corrected chi connectivity index (χ2v) is 10.6.